The van der Waals surface area contributed by atoms with Crippen LogP contribution in [0.5, 0.6) is 5.75 Å². The minimum atomic E-state index is 0.0105. The number of rotatable bonds is 4. The largest absolute Gasteiger partial charge is 0.497 e. The molecule has 128 valence electrons. The number of carbonyl (C=O) groups is 1. The minimum Gasteiger partial charge on any atom is -0.497 e. The molecule has 0 N–H and O–H groups in total. The first-order valence-corrected chi connectivity index (χ1v) is 8.17. The predicted molar refractivity (Wildman–Crippen MR) is 96.4 cm³/mol. The first kappa shape index (κ1) is 16.8. The third-order valence-electron chi connectivity index (χ3n) is 4.40. The molecule has 1 aromatic heterocycles. The number of Topliss-reactive ketones (excluding diaryl/α,β-unsaturated/α-hetero) is 1. The van der Waals surface area contributed by atoms with Crippen molar-refractivity contribution in [1.82, 2.24) is 4.98 Å². The quantitative estimate of drug-likeness (QED) is 0.799. The summed E-state index contributed by atoms with van der Waals surface area (Å²) >= 11 is 0. The molecule has 6 heteroatoms. The van der Waals surface area contributed by atoms with Crippen molar-refractivity contribution in [2.45, 2.75) is 6.92 Å². The molecule has 0 atom stereocenters. The van der Waals surface area contributed by atoms with Crippen molar-refractivity contribution in [3.05, 3.63) is 47.7 Å². The Morgan fingerprint density at radius 1 is 1.16 bits per heavy atom. The summed E-state index contributed by atoms with van der Waals surface area (Å²) in [5, 5.41) is 9.15. The van der Waals surface area contributed by atoms with Gasteiger partial charge in [-0.2, -0.15) is 5.26 Å². The van der Waals surface area contributed by atoms with E-state index in [0.717, 1.165) is 43.4 Å². The molecule has 0 amide bonds. The Morgan fingerprint density at radius 2 is 1.88 bits per heavy atom. The van der Waals surface area contributed by atoms with Crippen LogP contribution in [0, 0.1) is 11.3 Å². The Balaban J connectivity index is 1.78. The Morgan fingerprint density at radius 3 is 2.52 bits per heavy atom. The third-order valence-corrected chi connectivity index (χ3v) is 4.40. The molecule has 1 saturated heterocycles. The summed E-state index contributed by atoms with van der Waals surface area (Å²) in [5.41, 5.74) is 2.06. The number of ketones is 1. The monoisotopic (exact) mass is 336 g/mol. The average molecular weight is 336 g/mol. The molecule has 6 nitrogen and oxygen atoms in total. The van der Waals surface area contributed by atoms with Gasteiger partial charge in [0.1, 0.15) is 11.6 Å². The highest BCUT2D eigenvalue weighted by Crippen LogP contribution is 2.26. The number of nitriles is 1. The molecule has 3 rings (SSSR count). The van der Waals surface area contributed by atoms with Crippen LogP contribution >= 0.6 is 0 Å². The van der Waals surface area contributed by atoms with E-state index in [2.05, 4.69) is 20.9 Å². The van der Waals surface area contributed by atoms with Crippen LogP contribution in [-0.4, -0.2) is 44.1 Å². The Hall–Kier alpha value is -3.07. The van der Waals surface area contributed by atoms with Crippen molar-refractivity contribution in [2.24, 2.45) is 0 Å². The van der Waals surface area contributed by atoms with E-state index in [0.29, 0.717) is 11.1 Å². The van der Waals surface area contributed by atoms with E-state index >= 15 is 0 Å². The summed E-state index contributed by atoms with van der Waals surface area (Å²) in [6, 6.07) is 11.1. The van der Waals surface area contributed by atoms with Gasteiger partial charge in [-0.25, -0.2) is 4.98 Å². The van der Waals surface area contributed by atoms with Crippen molar-refractivity contribution in [2.75, 3.05) is 43.1 Å². The number of pyridine rings is 1. The summed E-state index contributed by atoms with van der Waals surface area (Å²) in [4.78, 5) is 20.7. The van der Waals surface area contributed by atoms with Crippen LogP contribution in [0.3, 0.4) is 0 Å². The number of carbonyl (C=O) groups excluding carboxylic acids is 1. The molecule has 2 aromatic rings. The standard InChI is InChI=1S/C19H20N4O2/c1-14(24)17-4-3-15(13-20)11-18(17)22-7-9-23(10-8-22)19-12-16(25-2)5-6-21-19/h3-6,11-12H,7-10H2,1-2H3. The van der Waals surface area contributed by atoms with Crippen molar-refractivity contribution in [3.8, 4) is 11.8 Å². The first-order chi connectivity index (χ1) is 12.1. The van der Waals surface area contributed by atoms with Gasteiger partial charge in [0.05, 0.1) is 18.7 Å². The molecule has 25 heavy (non-hydrogen) atoms. The summed E-state index contributed by atoms with van der Waals surface area (Å²) in [6.07, 6.45) is 1.74. The topological polar surface area (TPSA) is 69.5 Å². The van der Waals surface area contributed by atoms with Crippen LogP contribution < -0.4 is 14.5 Å². The van der Waals surface area contributed by atoms with Crippen molar-refractivity contribution in [1.29, 1.82) is 5.26 Å². The number of methoxy groups -OCH3 is 1. The lowest BCUT2D eigenvalue weighted by Gasteiger charge is -2.37. The molecule has 0 unspecified atom stereocenters. The van der Waals surface area contributed by atoms with Crippen molar-refractivity contribution < 1.29 is 9.53 Å². The lowest BCUT2D eigenvalue weighted by molar-refractivity contribution is 0.101. The second-order valence-electron chi connectivity index (χ2n) is 5.93. The maximum atomic E-state index is 11.9. The molecule has 0 aliphatic carbocycles. The summed E-state index contributed by atoms with van der Waals surface area (Å²) < 4.78 is 5.26. The molecule has 0 saturated carbocycles. The Labute approximate surface area is 147 Å². The number of benzene rings is 1. The van der Waals surface area contributed by atoms with E-state index in [-0.39, 0.29) is 5.78 Å². The summed E-state index contributed by atoms with van der Waals surface area (Å²) in [5.74, 6) is 1.68. The highest BCUT2D eigenvalue weighted by Gasteiger charge is 2.22. The third kappa shape index (κ3) is 3.56. The molecule has 1 aromatic carbocycles. The van der Waals surface area contributed by atoms with Gasteiger partial charge in [0.25, 0.3) is 0 Å². The number of aromatic nitrogens is 1. The van der Waals surface area contributed by atoms with Crippen molar-refractivity contribution in [3.63, 3.8) is 0 Å². The second-order valence-corrected chi connectivity index (χ2v) is 5.93. The van der Waals surface area contributed by atoms with Gasteiger partial charge in [-0.05, 0) is 31.2 Å². The maximum absolute atomic E-state index is 11.9. The SMILES string of the molecule is COc1ccnc(N2CCN(c3cc(C#N)ccc3C(C)=O)CC2)c1. The lowest BCUT2D eigenvalue weighted by Crippen LogP contribution is -2.47. The maximum Gasteiger partial charge on any atom is 0.161 e. The average Bonchev–Trinajstić information content (AvgIpc) is 2.67. The Bertz CT molecular complexity index is 820. The number of nitrogens with zero attached hydrogens (tertiary/aromatic N) is 4. The fourth-order valence-electron chi connectivity index (χ4n) is 3.04. The van der Waals surface area contributed by atoms with Gasteiger partial charge in [-0.3, -0.25) is 4.79 Å². The van der Waals surface area contributed by atoms with Crippen LogP contribution in [0.15, 0.2) is 36.5 Å². The second kappa shape index (κ2) is 7.22. The Kier molecular flexibility index (Phi) is 4.85. The van der Waals surface area contributed by atoms with Crippen LogP contribution in [0.25, 0.3) is 0 Å². The van der Waals surface area contributed by atoms with Crippen LogP contribution in [0.1, 0.15) is 22.8 Å². The van der Waals surface area contributed by atoms with Gasteiger partial charge in [-0.15, -0.1) is 0 Å². The van der Waals surface area contributed by atoms with Gasteiger partial charge in [-0.1, -0.05) is 0 Å². The fraction of sp³-hybridized carbons (Fsp3) is 0.316. The van der Waals surface area contributed by atoms with E-state index in [1.807, 2.05) is 12.1 Å². The highest BCUT2D eigenvalue weighted by molar-refractivity contribution is 6.00. The zero-order chi connectivity index (χ0) is 17.8. The zero-order valence-electron chi connectivity index (χ0n) is 14.4. The number of piperazine rings is 1. The van der Waals surface area contributed by atoms with E-state index in [1.165, 1.54) is 0 Å². The van der Waals surface area contributed by atoms with E-state index in [9.17, 15) is 4.79 Å². The summed E-state index contributed by atoms with van der Waals surface area (Å²) in [6.45, 7) is 4.64. The van der Waals surface area contributed by atoms with Gasteiger partial charge >= 0.3 is 0 Å². The minimum absolute atomic E-state index is 0.0105. The van der Waals surface area contributed by atoms with E-state index in [4.69, 9.17) is 10.00 Å². The molecule has 1 aliphatic heterocycles. The highest BCUT2D eigenvalue weighted by atomic mass is 16.5. The number of anilines is 2. The van der Waals surface area contributed by atoms with Gasteiger partial charge < -0.3 is 14.5 Å². The molecule has 1 aliphatic rings. The molecule has 0 bridgehead atoms. The number of ether oxygens (including phenoxy) is 1. The molecule has 0 spiro atoms. The molecular formula is C19H20N4O2. The van der Waals surface area contributed by atoms with Crippen LogP contribution in [0.2, 0.25) is 0 Å². The van der Waals surface area contributed by atoms with Gasteiger partial charge in [0, 0.05) is 49.7 Å². The van der Waals surface area contributed by atoms with Gasteiger partial charge in [0.2, 0.25) is 0 Å². The normalized spacial score (nSPS) is 14.1. The molecule has 1 fully saturated rings. The first-order valence-electron chi connectivity index (χ1n) is 8.17. The van der Waals surface area contributed by atoms with Crippen molar-refractivity contribution >= 4 is 17.3 Å². The number of hydrogen-bond donors (Lipinski definition) is 0. The fourth-order valence-corrected chi connectivity index (χ4v) is 3.04. The molecule has 2 heterocycles. The van der Waals surface area contributed by atoms with E-state index < -0.39 is 0 Å². The molecular weight excluding hydrogens is 316 g/mol. The zero-order valence-corrected chi connectivity index (χ0v) is 14.4. The predicted octanol–water partition coefficient (Wildman–Crippen LogP) is 2.49. The van der Waals surface area contributed by atoms with Crippen LogP contribution in [0.4, 0.5) is 11.5 Å². The smallest absolute Gasteiger partial charge is 0.161 e. The summed E-state index contributed by atoms with van der Waals surface area (Å²) in [7, 11) is 1.64. The number of hydrogen-bond acceptors (Lipinski definition) is 6. The van der Waals surface area contributed by atoms with E-state index in [1.54, 1.807) is 38.4 Å². The lowest BCUT2D eigenvalue weighted by atomic mass is 10.0. The molecule has 0 radical (unpaired) electrons. The van der Waals surface area contributed by atoms with Crippen LogP contribution in [-0.2, 0) is 0 Å². The van der Waals surface area contributed by atoms with Gasteiger partial charge in [0.15, 0.2) is 5.78 Å².